The number of nitrogens with one attached hydrogen (secondary N) is 1. The predicted octanol–water partition coefficient (Wildman–Crippen LogP) is 8.72. The maximum Gasteiger partial charge on any atom is 0.318 e. The van der Waals surface area contributed by atoms with Crippen molar-refractivity contribution < 1.29 is 9.53 Å². The third-order valence-electron chi connectivity index (χ3n) is 9.82. The number of carbonyl (C=O) groups is 1. The number of benzene rings is 1. The highest BCUT2D eigenvalue weighted by molar-refractivity contribution is 14.1. The Labute approximate surface area is 268 Å². The van der Waals surface area contributed by atoms with Crippen LogP contribution in [0.5, 0.6) is 0 Å². The van der Waals surface area contributed by atoms with Gasteiger partial charge in [-0.1, -0.05) is 94.5 Å². The lowest BCUT2D eigenvalue weighted by atomic mass is 9.70. The number of pyridine rings is 1. The maximum absolute atomic E-state index is 14.5. The van der Waals surface area contributed by atoms with E-state index in [0.29, 0.717) is 21.3 Å². The van der Waals surface area contributed by atoms with Crippen LogP contribution < -0.4 is 0 Å². The first-order valence-electron chi connectivity index (χ1n) is 16.2. The minimum atomic E-state index is -0.807. The molecule has 2 aliphatic rings. The molecule has 3 heterocycles. The van der Waals surface area contributed by atoms with Crippen molar-refractivity contribution >= 4 is 39.6 Å². The van der Waals surface area contributed by atoms with E-state index in [-0.39, 0.29) is 12.6 Å². The quantitative estimate of drug-likeness (QED) is 0.128. The molecule has 2 bridgehead atoms. The van der Waals surface area contributed by atoms with Crippen LogP contribution in [-0.2, 0) is 21.6 Å². The van der Waals surface area contributed by atoms with Gasteiger partial charge in [-0.3, -0.25) is 14.9 Å². The smallest absolute Gasteiger partial charge is 0.318 e. The minimum Gasteiger partial charge on any atom is -0.460 e. The molecule has 2 aliphatic carbocycles. The molecule has 0 spiro atoms. The fraction of sp³-hybridized carbons (Fsp3) is 0.514. The molecule has 2 unspecified atom stereocenters. The minimum absolute atomic E-state index is 0.142. The number of hydrogen-bond acceptors (Lipinski definition) is 6. The van der Waals surface area contributed by atoms with E-state index in [1.54, 1.807) is 6.20 Å². The number of H-pyrrole nitrogens is 1. The number of halogens is 1. The van der Waals surface area contributed by atoms with Gasteiger partial charge in [0.2, 0.25) is 0 Å². The number of esters is 1. The van der Waals surface area contributed by atoms with Gasteiger partial charge >= 0.3 is 5.97 Å². The van der Waals surface area contributed by atoms with E-state index in [9.17, 15) is 4.79 Å². The standard InChI is InChI=1S/C35H42IN5O2/c36-34-39-31(29-23-38-41-32(29)40-34)28-18-21-37-30(22-28)35(33(42)43-24-27-12-7-4-8-13-27)19-16-25-10-5-2-1-3-6-11-26(17-20-35)15-9-14-25/h4,7-8,12-13,18,21-23,25-26H,1-3,5-6,9-11,14-17,19-20,24H2,(H,38,39,40,41). The van der Waals surface area contributed by atoms with Gasteiger partial charge in [-0.25, -0.2) is 9.97 Å². The number of fused-ring (bicyclic) bond motifs is 5. The summed E-state index contributed by atoms with van der Waals surface area (Å²) in [6.07, 6.45) is 20.1. The number of nitrogens with zero attached hydrogens (tertiary/aromatic N) is 4. The van der Waals surface area contributed by atoms with Crippen molar-refractivity contribution in [2.24, 2.45) is 11.8 Å². The van der Waals surface area contributed by atoms with E-state index < -0.39 is 5.41 Å². The van der Waals surface area contributed by atoms with Gasteiger partial charge in [0, 0.05) is 34.4 Å². The van der Waals surface area contributed by atoms with Gasteiger partial charge in [-0.2, -0.15) is 5.10 Å². The van der Waals surface area contributed by atoms with E-state index in [1.165, 1.54) is 64.2 Å². The Morgan fingerprint density at radius 1 is 0.884 bits per heavy atom. The molecule has 4 aromatic rings. The molecule has 3 aromatic heterocycles. The van der Waals surface area contributed by atoms with E-state index in [0.717, 1.165) is 53.6 Å². The monoisotopic (exact) mass is 691 g/mol. The van der Waals surface area contributed by atoms with Gasteiger partial charge in [0.15, 0.2) is 9.48 Å². The zero-order valence-electron chi connectivity index (χ0n) is 24.9. The second-order valence-electron chi connectivity index (χ2n) is 12.6. The zero-order valence-corrected chi connectivity index (χ0v) is 27.1. The molecule has 6 rings (SSSR count). The Morgan fingerprint density at radius 2 is 1.58 bits per heavy atom. The summed E-state index contributed by atoms with van der Waals surface area (Å²) in [6, 6.07) is 14.1. The summed E-state index contributed by atoms with van der Waals surface area (Å²) in [6.45, 7) is 0.272. The average molecular weight is 692 g/mol. The van der Waals surface area contributed by atoms with Crippen LogP contribution in [-0.4, -0.2) is 31.1 Å². The molecular weight excluding hydrogens is 649 g/mol. The van der Waals surface area contributed by atoms with Gasteiger partial charge in [-0.05, 0) is 55.2 Å². The summed E-state index contributed by atoms with van der Waals surface area (Å²) < 4.78 is 6.86. The Kier molecular flexibility index (Phi) is 10.0. The van der Waals surface area contributed by atoms with Crippen LogP contribution >= 0.6 is 22.6 Å². The van der Waals surface area contributed by atoms with E-state index >= 15 is 0 Å². The van der Waals surface area contributed by atoms with Crippen molar-refractivity contribution in [3.8, 4) is 11.3 Å². The molecule has 2 saturated carbocycles. The molecule has 1 N–H and O–H groups in total. The summed E-state index contributed by atoms with van der Waals surface area (Å²) >= 11 is 2.15. The van der Waals surface area contributed by atoms with Crippen LogP contribution in [0, 0.1) is 15.7 Å². The molecule has 0 saturated heterocycles. The summed E-state index contributed by atoms with van der Waals surface area (Å²) in [4.78, 5) is 28.8. The number of aromatic amines is 1. The largest absolute Gasteiger partial charge is 0.460 e. The highest BCUT2D eigenvalue weighted by Gasteiger charge is 2.44. The molecule has 1 aromatic carbocycles. The van der Waals surface area contributed by atoms with Crippen LogP contribution in [0.4, 0.5) is 0 Å². The van der Waals surface area contributed by atoms with Crippen molar-refractivity contribution in [1.29, 1.82) is 0 Å². The number of rotatable bonds is 5. The van der Waals surface area contributed by atoms with Gasteiger partial charge in [0.25, 0.3) is 0 Å². The van der Waals surface area contributed by atoms with Crippen LogP contribution in [0.15, 0.2) is 54.9 Å². The van der Waals surface area contributed by atoms with Crippen LogP contribution in [0.2, 0.25) is 0 Å². The predicted molar refractivity (Wildman–Crippen MR) is 177 cm³/mol. The molecule has 8 heteroatoms. The maximum atomic E-state index is 14.5. The van der Waals surface area contributed by atoms with Gasteiger partial charge in [0.05, 0.1) is 23.0 Å². The molecule has 0 amide bonds. The van der Waals surface area contributed by atoms with Crippen LogP contribution in [0.3, 0.4) is 0 Å². The summed E-state index contributed by atoms with van der Waals surface area (Å²) in [5, 5.41) is 8.06. The molecular formula is C35H42IN5O2. The highest BCUT2D eigenvalue weighted by atomic mass is 127. The van der Waals surface area contributed by atoms with Crippen LogP contribution in [0.25, 0.3) is 22.3 Å². The Hall–Kier alpha value is -2.88. The van der Waals surface area contributed by atoms with E-state index in [2.05, 4.69) is 43.8 Å². The molecule has 2 fully saturated rings. The van der Waals surface area contributed by atoms with Crippen molar-refractivity contribution in [2.45, 2.75) is 102 Å². The fourth-order valence-corrected chi connectivity index (χ4v) is 7.76. The third-order valence-corrected chi connectivity index (χ3v) is 10.3. The zero-order chi connectivity index (χ0) is 29.5. The van der Waals surface area contributed by atoms with E-state index in [4.69, 9.17) is 14.7 Å². The Morgan fingerprint density at radius 3 is 2.33 bits per heavy atom. The van der Waals surface area contributed by atoms with Gasteiger partial charge in [-0.15, -0.1) is 0 Å². The summed E-state index contributed by atoms with van der Waals surface area (Å²) in [5.41, 5.74) is 3.43. The van der Waals surface area contributed by atoms with Crippen LogP contribution in [0.1, 0.15) is 101 Å². The molecule has 7 nitrogen and oxygen atoms in total. The summed E-state index contributed by atoms with van der Waals surface area (Å²) in [5.74, 6) is 1.13. The Bertz CT molecular complexity index is 1490. The van der Waals surface area contributed by atoms with Crippen molar-refractivity contribution in [1.82, 2.24) is 25.1 Å². The lowest BCUT2D eigenvalue weighted by Gasteiger charge is -2.35. The van der Waals surface area contributed by atoms with Crippen molar-refractivity contribution in [3.05, 3.63) is 69.9 Å². The first-order valence-corrected chi connectivity index (χ1v) is 17.2. The number of ether oxygens (including phenoxy) is 1. The van der Waals surface area contributed by atoms with Gasteiger partial charge < -0.3 is 4.74 Å². The third kappa shape index (κ3) is 7.27. The first-order chi connectivity index (χ1) is 21.1. The Balaban J connectivity index is 1.41. The number of hydrogen-bond donors (Lipinski definition) is 1. The molecule has 2 atom stereocenters. The molecule has 0 aliphatic heterocycles. The fourth-order valence-electron chi connectivity index (χ4n) is 7.28. The highest BCUT2D eigenvalue weighted by Crippen LogP contribution is 2.43. The second-order valence-corrected chi connectivity index (χ2v) is 13.6. The first kappa shape index (κ1) is 30.2. The lowest BCUT2D eigenvalue weighted by molar-refractivity contribution is -0.153. The topological polar surface area (TPSA) is 93.7 Å². The number of carbonyl (C=O) groups excluding carboxylic acids is 1. The normalized spacial score (nSPS) is 23.8. The van der Waals surface area contributed by atoms with Gasteiger partial charge in [0.1, 0.15) is 12.0 Å². The van der Waals surface area contributed by atoms with Crippen molar-refractivity contribution in [3.63, 3.8) is 0 Å². The van der Waals surface area contributed by atoms with E-state index in [1.807, 2.05) is 42.6 Å². The molecule has 0 radical (unpaired) electrons. The summed E-state index contributed by atoms with van der Waals surface area (Å²) in [7, 11) is 0. The van der Waals surface area contributed by atoms with Crippen molar-refractivity contribution in [2.75, 3.05) is 0 Å². The lowest BCUT2D eigenvalue weighted by Crippen LogP contribution is -2.40. The SMILES string of the molecule is O=C(OCc1ccccc1)C1(c2cc(-c3nc(I)nc4[nH]ncc34)ccn2)CCC2CCCCCCCC(CCC2)CC1. The number of aromatic nitrogens is 5. The second kappa shape index (κ2) is 14.3. The average Bonchev–Trinajstić information content (AvgIpc) is 3.50. The molecule has 43 heavy (non-hydrogen) atoms. The molecule has 226 valence electrons.